The molecule has 0 aliphatic heterocycles. The van der Waals surface area contributed by atoms with Crippen molar-refractivity contribution >= 4 is 27.2 Å². The second-order valence-electron chi connectivity index (χ2n) is 9.94. The molecule has 0 aliphatic rings. The van der Waals surface area contributed by atoms with Crippen LogP contribution in [0, 0.1) is 0 Å². The number of benzene rings is 2. The van der Waals surface area contributed by atoms with Crippen LogP contribution in [-0.4, -0.2) is 15.5 Å². The zero-order chi connectivity index (χ0) is 21.8. The number of halogens is 1. The van der Waals surface area contributed by atoms with Gasteiger partial charge in [0.2, 0.25) is 0 Å². The second-order valence-corrected chi connectivity index (χ2v) is 16.5. The zero-order valence-electron chi connectivity index (χ0n) is 18.8. The topological polar surface area (TPSA) is 26.0 Å². The van der Waals surface area contributed by atoms with E-state index in [2.05, 4.69) is 68.4 Å². The van der Waals surface area contributed by atoms with Crippen molar-refractivity contribution in [2.45, 2.75) is 77.8 Å². The van der Waals surface area contributed by atoms with Crippen molar-refractivity contribution in [1.82, 2.24) is 0 Å². The molecule has 0 aromatic heterocycles. The summed E-state index contributed by atoms with van der Waals surface area (Å²) in [4.78, 5) is 0. The predicted octanol–water partition coefficient (Wildman–Crippen LogP) is 7.66. The molecular formula is C24H37ClNPPd. The Morgan fingerprint density at radius 3 is 1.43 bits per heavy atom. The summed E-state index contributed by atoms with van der Waals surface area (Å²) in [5.74, 6) is 0. The standard InChI is InChI=1S/C12H10N.C12H27P.ClH.Pd/c13-12-9-5-4-8-11(12)10-6-2-1-3-7-10;1-10(2,3)13(11(4,5)6)12(7,8)9;;/h1-6,8-9H,13H2;1-9H3;1H;/q;;;+1/p-1. The van der Waals surface area contributed by atoms with Gasteiger partial charge in [-0.05, 0) is 15.5 Å². The molecule has 1 nitrogen and oxygen atoms in total. The average molecular weight is 512 g/mol. The van der Waals surface area contributed by atoms with Crippen LogP contribution in [0.5, 0.6) is 0 Å². The summed E-state index contributed by atoms with van der Waals surface area (Å²) in [6.45, 7) is 21.5. The van der Waals surface area contributed by atoms with Crippen LogP contribution in [0.3, 0.4) is 0 Å². The number of anilines is 1. The molecule has 0 radical (unpaired) electrons. The molecule has 28 heavy (non-hydrogen) atoms. The summed E-state index contributed by atoms with van der Waals surface area (Å²) in [5.41, 5.74) is 8.93. The van der Waals surface area contributed by atoms with Gasteiger partial charge in [0.05, 0.1) is 0 Å². The van der Waals surface area contributed by atoms with Crippen molar-refractivity contribution in [3.8, 4) is 11.1 Å². The van der Waals surface area contributed by atoms with E-state index in [0.29, 0.717) is 15.5 Å². The van der Waals surface area contributed by atoms with E-state index in [4.69, 9.17) is 15.3 Å². The monoisotopic (exact) mass is 511 g/mol. The Bertz CT molecular complexity index is 721. The van der Waals surface area contributed by atoms with Crippen LogP contribution in [0.4, 0.5) is 5.69 Å². The van der Waals surface area contributed by atoms with E-state index in [9.17, 15) is 0 Å². The first kappa shape index (κ1) is 25.7. The molecule has 4 heteroatoms. The first-order valence-corrected chi connectivity index (χ1v) is 13.8. The third-order valence-corrected chi connectivity index (χ3v) is 9.96. The Morgan fingerprint density at radius 2 is 1.07 bits per heavy atom. The zero-order valence-corrected chi connectivity index (χ0v) is 22.0. The quantitative estimate of drug-likeness (QED) is 0.250. The van der Waals surface area contributed by atoms with Gasteiger partial charge in [-0.3, -0.25) is 0 Å². The first-order chi connectivity index (χ1) is 12.7. The van der Waals surface area contributed by atoms with Gasteiger partial charge in [-0.1, -0.05) is 70.2 Å². The van der Waals surface area contributed by atoms with Crippen molar-refractivity contribution in [3.63, 3.8) is 0 Å². The molecule has 160 valence electrons. The van der Waals surface area contributed by atoms with E-state index in [1.54, 1.807) is 0 Å². The van der Waals surface area contributed by atoms with Gasteiger partial charge < -0.3 is 0 Å². The molecular weight excluding hydrogens is 475 g/mol. The normalized spacial score (nSPS) is 12.7. The first-order valence-electron chi connectivity index (χ1n) is 9.64. The third kappa shape index (κ3) is 7.46. The van der Waals surface area contributed by atoms with E-state index >= 15 is 0 Å². The van der Waals surface area contributed by atoms with Crippen molar-refractivity contribution in [1.29, 1.82) is 0 Å². The van der Waals surface area contributed by atoms with Gasteiger partial charge >= 0.3 is 102 Å². The van der Waals surface area contributed by atoms with Crippen LogP contribution in [0.25, 0.3) is 11.1 Å². The molecule has 0 fully saturated rings. The van der Waals surface area contributed by atoms with E-state index in [1.165, 1.54) is 0 Å². The summed E-state index contributed by atoms with van der Waals surface area (Å²) in [5, 5.41) is 1.35. The number of hydrogen-bond donors (Lipinski definition) is 1. The predicted molar refractivity (Wildman–Crippen MR) is 128 cm³/mol. The maximum absolute atomic E-state index is 5.94. The molecule has 2 aromatic rings. The van der Waals surface area contributed by atoms with Crippen LogP contribution in [0.2, 0.25) is 0 Å². The van der Waals surface area contributed by atoms with Gasteiger partial charge in [-0.2, -0.15) is 0 Å². The van der Waals surface area contributed by atoms with Gasteiger partial charge in [-0.15, -0.1) is 0 Å². The maximum atomic E-state index is 5.94. The molecule has 0 spiro atoms. The molecule has 0 bridgehead atoms. The van der Waals surface area contributed by atoms with Crippen LogP contribution >= 0.6 is 17.5 Å². The van der Waals surface area contributed by atoms with Crippen molar-refractivity contribution in [3.05, 3.63) is 48.5 Å². The molecule has 0 amide bonds. The van der Waals surface area contributed by atoms with E-state index in [1.807, 2.05) is 42.5 Å². The summed E-state index contributed by atoms with van der Waals surface area (Å²) in [6.07, 6.45) is 0. The SMILES string of the molecule is CC(C)(C)P(C(C)(C)C)C(C)(C)C.Nc1ccccc1-c1cccc[c]1[Pd][Cl]. The van der Waals surface area contributed by atoms with E-state index < -0.39 is 0 Å². The number of nitrogens with two attached hydrogens (primary N) is 1. The van der Waals surface area contributed by atoms with Crippen LogP contribution in [-0.2, 0) is 17.0 Å². The van der Waals surface area contributed by atoms with Crippen LogP contribution < -0.4 is 9.77 Å². The fourth-order valence-corrected chi connectivity index (χ4v) is 11.9. The van der Waals surface area contributed by atoms with E-state index in [-0.39, 0.29) is 24.9 Å². The molecule has 0 saturated heterocycles. The fourth-order valence-electron chi connectivity index (χ4n) is 4.47. The fraction of sp³-hybridized carbons (Fsp3) is 0.500. The average Bonchev–Trinajstić information content (AvgIpc) is 2.51. The van der Waals surface area contributed by atoms with Gasteiger partial charge in [-0.25, -0.2) is 0 Å². The van der Waals surface area contributed by atoms with Gasteiger partial charge in [0.1, 0.15) is 0 Å². The van der Waals surface area contributed by atoms with Gasteiger partial charge in [0.25, 0.3) is 0 Å². The summed E-state index contributed by atoms with van der Waals surface area (Å²) in [7, 11) is 5.96. The molecule has 2 rings (SSSR count). The number of rotatable bonds is 2. The Morgan fingerprint density at radius 1 is 0.679 bits per heavy atom. The number of para-hydroxylation sites is 1. The molecule has 2 N–H and O–H groups in total. The van der Waals surface area contributed by atoms with Crippen molar-refractivity contribution in [2.75, 3.05) is 5.73 Å². The third-order valence-electron chi connectivity index (χ3n) is 4.17. The Labute approximate surface area is 186 Å². The van der Waals surface area contributed by atoms with Gasteiger partial charge in [0, 0.05) is 0 Å². The summed E-state index contributed by atoms with van der Waals surface area (Å²) < 4.78 is 1.16. The molecule has 0 atom stereocenters. The minimum atomic E-state index is 0.0162. The molecule has 0 heterocycles. The molecule has 0 unspecified atom stereocenters. The van der Waals surface area contributed by atoms with Crippen molar-refractivity contribution in [2.24, 2.45) is 0 Å². The van der Waals surface area contributed by atoms with E-state index in [0.717, 1.165) is 20.9 Å². The van der Waals surface area contributed by atoms with Crippen LogP contribution in [0.1, 0.15) is 62.3 Å². The summed E-state index contributed by atoms with van der Waals surface area (Å²) >= 11 is 0.0778. The van der Waals surface area contributed by atoms with Crippen molar-refractivity contribution < 1.29 is 17.0 Å². The second kappa shape index (κ2) is 10.1. The number of hydrogen-bond acceptors (Lipinski definition) is 1. The molecule has 2 aromatic carbocycles. The van der Waals surface area contributed by atoms with Gasteiger partial charge in [0.15, 0.2) is 0 Å². The molecule has 0 aliphatic carbocycles. The Balaban J connectivity index is 0.000000284. The van der Waals surface area contributed by atoms with Crippen LogP contribution in [0.15, 0.2) is 48.5 Å². The Kier molecular flexibility index (Phi) is 9.24. The summed E-state index contributed by atoms with van der Waals surface area (Å²) in [6, 6.07) is 16.0. The molecule has 0 saturated carbocycles. The number of nitrogen functional groups attached to an aromatic ring is 1. The minimum absolute atomic E-state index is 0.0162. The Hall–Kier alpha value is -0.378.